The quantitative estimate of drug-likeness (QED) is 0.0340. The van der Waals surface area contributed by atoms with Crippen LogP contribution in [0.1, 0.15) is 107 Å². The summed E-state index contributed by atoms with van der Waals surface area (Å²) in [4.78, 5) is 0. The predicted molar refractivity (Wildman–Crippen MR) is 309 cm³/mol. The van der Waals surface area contributed by atoms with Gasteiger partial charge in [-0.2, -0.15) is 0 Å². The second-order valence-electron chi connectivity index (χ2n) is 24.3. The Labute approximate surface area is 475 Å². The van der Waals surface area contributed by atoms with Gasteiger partial charge < -0.3 is 72.5 Å². The normalized spacial score (nSPS) is 19.1. The van der Waals surface area contributed by atoms with E-state index in [2.05, 4.69) is 13.8 Å². The highest BCUT2D eigenvalue weighted by Gasteiger charge is 2.53. The Morgan fingerprint density at radius 2 is 0.662 bits per heavy atom. The molecule has 0 aromatic heterocycles. The molecular formula is C65H90O15. The van der Waals surface area contributed by atoms with Gasteiger partial charge >= 0.3 is 0 Å². The summed E-state index contributed by atoms with van der Waals surface area (Å²) in [5, 5.41) is 48.7. The van der Waals surface area contributed by atoms with Crippen molar-refractivity contribution in [2.24, 2.45) is 27.1 Å². The Balaban J connectivity index is 1.33. The van der Waals surface area contributed by atoms with Crippen LogP contribution in [0.25, 0.3) is 0 Å². The molecule has 80 heavy (non-hydrogen) atoms. The first-order valence-electron chi connectivity index (χ1n) is 27.6. The molecule has 5 aromatic rings. The van der Waals surface area contributed by atoms with Crippen LogP contribution in [-0.4, -0.2) is 118 Å². The maximum absolute atomic E-state index is 12.5. The number of methoxy groups -OCH3 is 5. The van der Waals surface area contributed by atoms with Crippen molar-refractivity contribution in [3.05, 3.63) is 127 Å². The number of benzene rings is 5. The third kappa shape index (κ3) is 16.2. The van der Waals surface area contributed by atoms with E-state index in [4.69, 9.17) is 52.1 Å². The summed E-state index contributed by atoms with van der Waals surface area (Å²) in [6.07, 6.45) is -7.00. The van der Waals surface area contributed by atoms with Crippen molar-refractivity contribution in [3.63, 3.8) is 0 Å². The van der Waals surface area contributed by atoms with Gasteiger partial charge in [0.15, 0.2) is 6.29 Å². The number of ether oxygens (including phenoxy) is 11. The summed E-state index contributed by atoms with van der Waals surface area (Å²) in [6.45, 7) is 20.0. The molecule has 1 aliphatic rings. The Bertz CT molecular complexity index is 2460. The third-order valence-electron chi connectivity index (χ3n) is 16.6. The molecule has 1 heterocycles. The Morgan fingerprint density at radius 3 is 0.950 bits per heavy atom. The number of hydrogen-bond acceptors (Lipinski definition) is 15. The van der Waals surface area contributed by atoms with Gasteiger partial charge in [-0.15, -0.1) is 0 Å². The van der Waals surface area contributed by atoms with Crippen molar-refractivity contribution in [1.29, 1.82) is 0 Å². The Morgan fingerprint density at radius 1 is 0.400 bits per heavy atom. The second-order valence-corrected chi connectivity index (χ2v) is 24.3. The minimum absolute atomic E-state index is 0.0208. The van der Waals surface area contributed by atoms with Gasteiger partial charge in [0, 0.05) is 58.3 Å². The number of hydrogen-bond donors (Lipinski definition) is 4. The molecule has 440 valence electrons. The zero-order valence-corrected chi connectivity index (χ0v) is 49.8. The van der Waals surface area contributed by atoms with Crippen molar-refractivity contribution >= 4 is 0 Å². The van der Waals surface area contributed by atoms with Gasteiger partial charge in [-0.1, -0.05) is 81.4 Å². The highest BCUT2D eigenvalue weighted by molar-refractivity contribution is 5.34. The van der Waals surface area contributed by atoms with Gasteiger partial charge in [-0.3, -0.25) is 0 Å². The van der Waals surface area contributed by atoms with Crippen molar-refractivity contribution in [2.75, 3.05) is 48.8 Å². The monoisotopic (exact) mass is 1110 g/mol. The van der Waals surface area contributed by atoms with Gasteiger partial charge in [0.1, 0.15) is 64.0 Å². The van der Waals surface area contributed by atoms with Crippen molar-refractivity contribution in [2.45, 2.75) is 150 Å². The van der Waals surface area contributed by atoms with Gasteiger partial charge in [0.2, 0.25) is 0 Å². The molecule has 15 heteroatoms. The van der Waals surface area contributed by atoms with E-state index in [-0.39, 0.29) is 38.9 Å². The lowest BCUT2D eigenvalue weighted by atomic mass is 9.68. The number of aliphatic hydroxyl groups excluding tert-OH is 4. The molecule has 9 atom stereocenters. The summed E-state index contributed by atoms with van der Waals surface area (Å²) in [7, 11) is 8.04. The molecule has 0 spiro atoms. The minimum Gasteiger partial charge on any atom is -0.497 e. The maximum Gasteiger partial charge on any atom is 0.184 e. The minimum atomic E-state index is -1.07. The Kier molecular flexibility index (Phi) is 21.5. The van der Waals surface area contributed by atoms with E-state index in [9.17, 15) is 20.4 Å². The van der Waals surface area contributed by atoms with E-state index >= 15 is 0 Å². The van der Waals surface area contributed by atoms with Crippen LogP contribution in [0.2, 0.25) is 0 Å². The molecule has 0 saturated carbocycles. The lowest BCUT2D eigenvalue weighted by molar-refractivity contribution is -0.309. The maximum atomic E-state index is 12.5. The molecular weight excluding hydrogens is 1020 g/mol. The third-order valence-corrected chi connectivity index (χ3v) is 16.6. The van der Waals surface area contributed by atoms with E-state index in [1.807, 2.05) is 177 Å². The predicted octanol–water partition coefficient (Wildman–Crippen LogP) is 11.7. The lowest BCUT2D eigenvalue weighted by Gasteiger charge is -2.52. The number of rotatable bonds is 30. The first-order valence-corrected chi connectivity index (χ1v) is 27.6. The van der Waals surface area contributed by atoms with E-state index in [0.717, 1.165) is 5.56 Å². The van der Waals surface area contributed by atoms with Crippen LogP contribution in [0.3, 0.4) is 0 Å². The summed E-state index contributed by atoms with van der Waals surface area (Å²) in [6, 6.07) is 36.7. The van der Waals surface area contributed by atoms with Gasteiger partial charge in [0.25, 0.3) is 0 Å². The SMILES string of the molecule is COc1ccc(OCC(C)(C)[C@H](O)C[C@H](O)C(C)(C)[C@H](C[C@@H]2OC(c3ccc(OC)cc3)O[C@H](C[C@@H](Oc3ccc(OC)cc3)C(C)(C)[C@@H](O)C[C@H](O)C(C)(C)COc3ccc(OC)cc3)C2(C)C)Oc2ccc(OC)cc2)cc1. The zero-order chi connectivity index (χ0) is 58.6. The van der Waals surface area contributed by atoms with Crippen LogP contribution in [0.15, 0.2) is 121 Å². The van der Waals surface area contributed by atoms with Crippen LogP contribution in [0, 0.1) is 27.1 Å². The van der Waals surface area contributed by atoms with Gasteiger partial charge in [0.05, 0.1) is 85.4 Å². The zero-order valence-electron chi connectivity index (χ0n) is 49.8. The first-order chi connectivity index (χ1) is 37.7. The van der Waals surface area contributed by atoms with Crippen molar-refractivity contribution in [3.8, 4) is 51.7 Å². The van der Waals surface area contributed by atoms with Gasteiger partial charge in [-0.05, 0) is 109 Å². The fourth-order valence-corrected chi connectivity index (χ4v) is 9.73. The topological polar surface area (TPSA) is 182 Å². The van der Waals surface area contributed by atoms with E-state index in [1.165, 1.54) is 0 Å². The average Bonchev–Trinajstić information content (AvgIpc) is 3.45. The largest absolute Gasteiger partial charge is 0.497 e. The summed E-state index contributed by atoms with van der Waals surface area (Å²) < 4.78 is 67.7. The molecule has 5 aromatic carbocycles. The molecule has 4 N–H and O–H groups in total. The molecule has 1 saturated heterocycles. The number of aliphatic hydroxyl groups is 4. The molecule has 1 aliphatic heterocycles. The highest BCUT2D eigenvalue weighted by Crippen LogP contribution is 2.49. The van der Waals surface area contributed by atoms with Crippen molar-refractivity contribution in [1.82, 2.24) is 0 Å². The highest BCUT2D eigenvalue weighted by atomic mass is 16.7. The molecule has 0 amide bonds. The van der Waals surface area contributed by atoms with Crippen LogP contribution in [-0.2, 0) is 9.47 Å². The van der Waals surface area contributed by atoms with E-state index in [0.29, 0.717) is 51.7 Å². The second kappa shape index (κ2) is 27.2. The fraction of sp³-hybridized carbons (Fsp3) is 0.538. The molecule has 0 radical (unpaired) electrons. The average molecular weight is 1110 g/mol. The fourth-order valence-electron chi connectivity index (χ4n) is 9.73. The summed E-state index contributed by atoms with van der Waals surface area (Å²) in [5.74, 6) is 5.77. The van der Waals surface area contributed by atoms with Crippen LogP contribution in [0.5, 0.6) is 51.7 Å². The molecule has 0 bridgehead atoms. The van der Waals surface area contributed by atoms with Crippen molar-refractivity contribution < 1.29 is 72.5 Å². The van der Waals surface area contributed by atoms with E-state index < -0.39 is 82.2 Å². The summed E-state index contributed by atoms with van der Waals surface area (Å²) in [5.41, 5.74) is -3.58. The molecule has 15 nitrogen and oxygen atoms in total. The standard InChI is InChI=1S/C65H90O15/c1-61(2,40-75-48-28-20-44(71-12)21-29-48)52(66)36-54(68)63(5,6)56(77-50-32-24-46(73-14)25-33-50)38-58-65(9,10)59(80-60(79-58)42-16-18-43(70-11)19-17-42)39-57(78-51-34-26-47(74-15)27-35-51)64(7,8)55(69)37-53(67)62(3,4)41-76-49-30-22-45(72-13)23-31-49/h16-35,52-60,66-69H,36-41H2,1-15H3/t52-,53+,54-,55-,56+,57-,58+,59-,60?/m0/s1. The Hall–Kier alpha value is -5.94. The van der Waals surface area contributed by atoms with Crippen LogP contribution in [0.4, 0.5) is 0 Å². The smallest absolute Gasteiger partial charge is 0.184 e. The lowest BCUT2D eigenvalue weighted by Crippen LogP contribution is -2.56. The molecule has 0 aliphatic carbocycles. The first kappa shape index (κ1) is 63.2. The van der Waals surface area contributed by atoms with Crippen LogP contribution >= 0.6 is 0 Å². The van der Waals surface area contributed by atoms with Gasteiger partial charge in [-0.25, -0.2) is 0 Å². The summed E-state index contributed by atoms with van der Waals surface area (Å²) >= 11 is 0. The van der Waals surface area contributed by atoms with E-state index in [1.54, 1.807) is 35.5 Å². The molecule has 6 rings (SSSR count). The molecule has 1 unspecified atom stereocenters. The van der Waals surface area contributed by atoms with Crippen LogP contribution < -0.4 is 42.6 Å². The molecule has 1 fully saturated rings.